The number of benzodiazepines with no additional fused rings is 1. The van der Waals surface area contributed by atoms with Crippen LogP contribution >= 0.6 is 11.3 Å². The Morgan fingerprint density at radius 1 is 1.02 bits per heavy atom. The molecule has 1 aliphatic carbocycles. The molecule has 1 aliphatic heterocycles. The highest BCUT2D eigenvalue weighted by atomic mass is 32.1. The smallest absolute Gasteiger partial charge is 0.402 e. The molecule has 10 nitrogen and oxygen atoms in total. The lowest BCUT2D eigenvalue weighted by molar-refractivity contribution is -0.137. The summed E-state index contributed by atoms with van der Waals surface area (Å²) in [5.74, 6) is -0.780. The summed E-state index contributed by atoms with van der Waals surface area (Å²) in [5.41, 5.74) is 2.41. The zero-order valence-electron chi connectivity index (χ0n) is 20.6. The first kappa shape index (κ1) is 26.0. The van der Waals surface area contributed by atoms with E-state index in [4.69, 9.17) is 4.42 Å². The molecule has 6 rings (SSSR count). The number of carbonyl (C=O) groups excluding carboxylic acids is 1. The maximum atomic E-state index is 13.5. The first-order chi connectivity index (χ1) is 19.3. The van der Waals surface area contributed by atoms with Gasteiger partial charge in [0.05, 0.1) is 23.5 Å². The minimum absolute atomic E-state index is 0.0560. The lowest BCUT2D eigenvalue weighted by Gasteiger charge is -2.16. The monoisotopic (exact) mass is 569 g/mol. The van der Waals surface area contributed by atoms with Crippen LogP contribution in [0.3, 0.4) is 0 Å². The van der Waals surface area contributed by atoms with Crippen LogP contribution in [0.2, 0.25) is 0 Å². The zero-order chi connectivity index (χ0) is 27.9. The van der Waals surface area contributed by atoms with E-state index >= 15 is 0 Å². The summed E-state index contributed by atoms with van der Waals surface area (Å²) in [5, 5.41) is 25.5. The Kier molecular flexibility index (Phi) is 6.72. The lowest BCUT2D eigenvalue weighted by Crippen LogP contribution is -2.32. The standard InChI is InChI=1S/C26H22F3N7O3S/c27-26(28,29)24-33-19(23(40-24)31-16-11-6-12-17(16)37)22-35-36-25(39-22)34-20-21(38)30-15-10-5-4-9-14(15)18(32-20)13-7-2-1-3-8-13/h1-5,7-10,16-17,20,31,37H,6,11-12H2,(H,30,38)(H,34,36)/t16?,17-,20-/m1/s1. The number of nitrogens with zero attached hydrogens (tertiary/aromatic N) is 4. The van der Waals surface area contributed by atoms with Crippen molar-refractivity contribution >= 4 is 39.7 Å². The van der Waals surface area contributed by atoms with Crippen LogP contribution in [0.4, 0.5) is 29.9 Å². The molecule has 14 heteroatoms. The third-order valence-corrected chi connectivity index (χ3v) is 7.58. The molecule has 1 fully saturated rings. The van der Waals surface area contributed by atoms with Gasteiger partial charge in [0.15, 0.2) is 5.69 Å². The van der Waals surface area contributed by atoms with E-state index in [-0.39, 0.29) is 22.6 Å². The van der Waals surface area contributed by atoms with E-state index in [0.29, 0.717) is 41.1 Å². The van der Waals surface area contributed by atoms with E-state index in [1.165, 1.54) is 0 Å². The number of amides is 1. The normalized spacial score (nSPS) is 20.9. The highest BCUT2D eigenvalue weighted by molar-refractivity contribution is 7.16. The number of aliphatic imine (C=N–C) groups is 1. The van der Waals surface area contributed by atoms with Crippen molar-refractivity contribution in [2.75, 3.05) is 16.0 Å². The van der Waals surface area contributed by atoms with Crippen molar-refractivity contribution in [2.45, 2.75) is 43.8 Å². The average molecular weight is 570 g/mol. The van der Waals surface area contributed by atoms with Gasteiger partial charge >= 0.3 is 12.2 Å². The van der Waals surface area contributed by atoms with Crippen molar-refractivity contribution in [1.82, 2.24) is 15.2 Å². The van der Waals surface area contributed by atoms with Gasteiger partial charge in [-0.25, -0.2) is 9.98 Å². The molecule has 1 saturated carbocycles. The molecule has 1 unspecified atom stereocenters. The SMILES string of the molecule is O=C1Nc2ccccc2C(c2ccccc2)=N[C@@H]1Nc1nnc(-c2nc(C(F)(F)F)sc2NC2CCC[C@H]2O)o1. The molecule has 0 radical (unpaired) electrons. The van der Waals surface area contributed by atoms with Gasteiger partial charge in [-0.1, -0.05) is 65.0 Å². The first-order valence-corrected chi connectivity index (χ1v) is 13.2. The summed E-state index contributed by atoms with van der Waals surface area (Å²) < 4.78 is 46.1. The van der Waals surface area contributed by atoms with E-state index in [1.54, 1.807) is 12.1 Å². The molecule has 0 spiro atoms. The van der Waals surface area contributed by atoms with Gasteiger partial charge in [-0.15, -0.1) is 5.10 Å². The second kappa shape index (κ2) is 10.4. The van der Waals surface area contributed by atoms with E-state index in [1.807, 2.05) is 42.5 Å². The zero-order valence-corrected chi connectivity index (χ0v) is 21.5. The van der Waals surface area contributed by atoms with E-state index in [2.05, 4.69) is 36.1 Å². The second-order valence-electron chi connectivity index (χ2n) is 9.28. The maximum absolute atomic E-state index is 13.5. The number of aliphatic hydroxyl groups is 1. The Bertz CT molecular complexity index is 1570. The minimum atomic E-state index is -4.69. The van der Waals surface area contributed by atoms with Gasteiger partial charge in [0.1, 0.15) is 5.00 Å². The van der Waals surface area contributed by atoms with Crippen molar-refractivity contribution < 1.29 is 27.5 Å². The van der Waals surface area contributed by atoms with E-state index in [9.17, 15) is 23.1 Å². The molecule has 206 valence electrons. The van der Waals surface area contributed by atoms with Crippen LogP contribution in [-0.2, 0) is 11.0 Å². The fourth-order valence-electron chi connectivity index (χ4n) is 4.64. The molecule has 2 aromatic heterocycles. The summed E-state index contributed by atoms with van der Waals surface area (Å²) >= 11 is 0.397. The number of rotatable bonds is 6. The number of anilines is 3. The number of hydrogen-bond donors (Lipinski definition) is 4. The Morgan fingerprint density at radius 3 is 2.55 bits per heavy atom. The van der Waals surface area contributed by atoms with Crippen molar-refractivity contribution in [3.63, 3.8) is 0 Å². The Labute approximate surface area is 229 Å². The molecule has 1 amide bonds. The summed E-state index contributed by atoms with van der Waals surface area (Å²) in [6, 6.07) is 15.9. The van der Waals surface area contributed by atoms with Gasteiger partial charge in [-0.05, 0) is 25.3 Å². The number of thiazole rings is 1. The summed E-state index contributed by atoms with van der Waals surface area (Å²) in [6.07, 6.45) is -4.69. The number of alkyl halides is 3. The quantitative estimate of drug-likeness (QED) is 0.261. The van der Waals surface area contributed by atoms with Gasteiger partial charge in [0, 0.05) is 11.1 Å². The summed E-state index contributed by atoms with van der Waals surface area (Å²) in [7, 11) is 0. The van der Waals surface area contributed by atoms with Crippen molar-refractivity contribution in [2.24, 2.45) is 4.99 Å². The molecule has 3 heterocycles. The number of halogens is 3. The third-order valence-electron chi connectivity index (χ3n) is 6.55. The molecule has 4 aromatic rings. The van der Waals surface area contributed by atoms with Crippen molar-refractivity contribution in [3.8, 4) is 11.6 Å². The number of nitrogens with one attached hydrogen (secondary N) is 3. The van der Waals surface area contributed by atoms with E-state index in [0.717, 1.165) is 12.0 Å². The number of carbonyl (C=O) groups is 1. The summed E-state index contributed by atoms with van der Waals surface area (Å²) in [6.45, 7) is 0. The van der Waals surface area contributed by atoms with Gasteiger partial charge in [0.25, 0.3) is 11.8 Å². The van der Waals surface area contributed by atoms with Gasteiger partial charge in [-0.3, -0.25) is 4.79 Å². The molecule has 3 atom stereocenters. The van der Waals surface area contributed by atoms with Crippen LogP contribution in [0.1, 0.15) is 35.4 Å². The molecule has 4 N–H and O–H groups in total. The predicted molar refractivity (Wildman–Crippen MR) is 142 cm³/mol. The van der Waals surface area contributed by atoms with Crippen LogP contribution in [-0.4, -0.2) is 50.2 Å². The Hall–Kier alpha value is -4.30. The highest BCUT2D eigenvalue weighted by Gasteiger charge is 2.38. The summed E-state index contributed by atoms with van der Waals surface area (Å²) in [4.78, 5) is 21.4. The fourth-order valence-corrected chi connectivity index (χ4v) is 5.52. The van der Waals surface area contributed by atoms with Crippen molar-refractivity contribution in [1.29, 1.82) is 0 Å². The van der Waals surface area contributed by atoms with E-state index < -0.39 is 35.4 Å². The van der Waals surface area contributed by atoms with Crippen LogP contribution in [0.15, 0.2) is 64.0 Å². The van der Waals surface area contributed by atoms with Crippen LogP contribution < -0.4 is 16.0 Å². The number of para-hydroxylation sites is 1. The molecular weight excluding hydrogens is 547 g/mol. The van der Waals surface area contributed by atoms with Crippen LogP contribution in [0.25, 0.3) is 11.6 Å². The molecule has 0 bridgehead atoms. The molecular formula is C26H22F3N7O3S. The third kappa shape index (κ3) is 5.14. The number of benzene rings is 2. The Morgan fingerprint density at radius 2 is 1.80 bits per heavy atom. The molecule has 2 aromatic carbocycles. The largest absolute Gasteiger partial charge is 0.443 e. The first-order valence-electron chi connectivity index (χ1n) is 12.4. The lowest BCUT2D eigenvalue weighted by atomic mass is 10.0. The van der Waals surface area contributed by atoms with Gasteiger partial charge in [0.2, 0.25) is 11.2 Å². The van der Waals surface area contributed by atoms with Crippen molar-refractivity contribution in [3.05, 3.63) is 70.7 Å². The molecule has 0 saturated heterocycles. The number of hydrogen-bond acceptors (Lipinski definition) is 10. The highest BCUT2D eigenvalue weighted by Crippen LogP contribution is 2.42. The maximum Gasteiger partial charge on any atom is 0.443 e. The minimum Gasteiger partial charge on any atom is -0.402 e. The average Bonchev–Trinajstić information content (AvgIpc) is 3.66. The number of aromatic nitrogens is 3. The number of fused-ring (bicyclic) bond motifs is 1. The second-order valence-corrected chi connectivity index (χ2v) is 10.3. The van der Waals surface area contributed by atoms with Crippen LogP contribution in [0.5, 0.6) is 0 Å². The Balaban J connectivity index is 1.32. The molecule has 2 aliphatic rings. The topological polar surface area (TPSA) is 138 Å². The van der Waals surface area contributed by atoms with Gasteiger partial charge < -0.3 is 25.5 Å². The molecule has 40 heavy (non-hydrogen) atoms. The van der Waals surface area contributed by atoms with Crippen LogP contribution in [0, 0.1) is 0 Å². The number of aliphatic hydroxyl groups excluding tert-OH is 1. The fraction of sp³-hybridized carbons (Fsp3) is 0.269. The predicted octanol–water partition coefficient (Wildman–Crippen LogP) is 4.76. The van der Waals surface area contributed by atoms with Gasteiger partial charge in [-0.2, -0.15) is 13.2 Å².